The molecule has 8 N–H and O–H groups in total. The lowest BCUT2D eigenvalue weighted by molar-refractivity contribution is -0.136. The number of carbonyl (C=O) groups is 2. The summed E-state index contributed by atoms with van der Waals surface area (Å²) in [5, 5.41) is 16.2. The zero-order chi connectivity index (χ0) is 29.8. The summed E-state index contributed by atoms with van der Waals surface area (Å²) in [5.41, 5.74) is 15.1. The lowest BCUT2D eigenvalue weighted by atomic mass is 10.1. The van der Waals surface area contributed by atoms with Crippen LogP contribution in [0.15, 0.2) is 58.4 Å². The minimum absolute atomic E-state index is 0.0387. The van der Waals surface area contributed by atoms with Gasteiger partial charge in [-0.05, 0) is 61.2 Å². The Morgan fingerprint density at radius 2 is 1.62 bits per heavy atom. The molecule has 0 atom stereocenters. The van der Waals surface area contributed by atoms with Crippen LogP contribution in [0.4, 0.5) is 0 Å². The average Bonchev–Trinajstić information content (AvgIpc) is 3.33. The van der Waals surface area contributed by atoms with Crippen molar-refractivity contribution in [2.75, 3.05) is 6.54 Å². The Bertz CT molecular complexity index is 1390. The number of carboxylic acid groups (broad SMARTS) is 1. The van der Waals surface area contributed by atoms with Crippen molar-refractivity contribution in [3.8, 4) is 10.4 Å². The second-order valence-corrected chi connectivity index (χ2v) is 10.9. The van der Waals surface area contributed by atoms with Gasteiger partial charge in [0.1, 0.15) is 0 Å². The highest BCUT2D eigenvalue weighted by Gasteiger charge is 2.14. The van der Waals surface area contributed by atoms with E-state index < -0.39 is 16.0 Å². The molecule has 1 heterocycles. The summed E-state index contributed by atoms with van der Waals surface area (Å²) >= 11 is 1.34. The Labute approximate surface area is 234 Å². The molecule has 0 spiro atoms. The van der Waals surface area contributed by atoms with E-state index in [1.165, 1.54) is 11.3 Å². The molecule has 0 unspecified atom stereocenters. The summed E-state index contributed by atoms with van der Waals surface area (Å²) in [4.78, 5) is 28.1. The Hall–Kier alpha value is -3.74. The van der Waals surface area contributed by atoms with Gasteiger partial charge in [-0.2, -0.15) is 0 Å². The van der Waals surface area contributed by atoms with Crippen LogP contribution in [0, 0.1) is 20.8 Å². The topological polar surface area (TPSA) is 191 Å². The number of amides is 1. The van der Waals surface area contributed by atoms with Gasteiger partial charge in [-0.3, -0.25) is 9.59 Å². The van der Waals surface area contributed by atoms with Crippen LogP contribution in [-0.2, 0) is 21.4 Å². The number of carbonyl (C=O) groups excluding carboxylic acids is 1. The van der Waals surface area contributed by atoms with Gasteiger partial charge in [0.25, 0.3) is 5.91 Å². The van der Waals surface area contributed by atoms with Gasteiger partial charge in [0, 0.05) is 11.4 Å². The molecule has 1 aromatic heterocycles. The molecule has 0 saturated carbocycles. The van der Waals surface area contributed by atoms with E-state index in [1.807, 2.05) is 63.2 Å². The first-order valence-corrected chi connectivity index (χ1v) is 14.5. The number of sulfonamides is 1. The third kappa shape index (κ3) is 11.3. The molecule has 3 aromatic rings. The maximum atomic E-state index is 12.0. The molecule has 0 fully saturated rings. The second-order valence-electron chi connectivity index (χ2n) is 8.28. The number of carboxylic acids is 1. The molecule has 10 nitrogen and oxygen atoms in total. The molecule has 0 saturated heterocycles. The first kappa shape index (κ1) is 33.3. The van der Waals surface area contributed by atoms with Crippen molar-refractivity contribution in [3.05, 3.63) is 75.7 Å². The zero-order valence-electron chi connectivity index (χ0n) is 22.8. The Morgan fingerprint density at radius 1 is 1.00 bits per heavy atom. The molecule has 1 amide bonds. The number of aliphatic imine (C=N–C) groups is 1. The summed E-state index contributed by atoms with van der Waals surface area (Å²) in [5.74, 6) is -1.18. The van der Waals surface area contributed by atoms with E-state index in [-0.39, 0.29) is 29.7 Å². The minimum atomic E-state index is -3.58. The Kier molecular flexibility index (Phi) is 13.3. The maximum absolute atomic E-state index is 12.0. The number of primary sulfonamides is 1. The smallest absolute Gasteiger partial charge is 0.305 e. The number of aliphatic carboxylic acids is 1. The molecule has 3 rings (SSSR count). The number of rotatable bonds is 8. The van der Waals surface area contributed by atoms with Crippen LogP contribution in [0.25, 0.3) is 10.4 Å². The predicted molar refractivity (Wildman–Crippen MR) is 157 cm³/mol. The molecule has 39 heavy (non-hydrogen) atoms. The highest BCUT2D eigenvalue weighted by molar-refractivity contribution is 7.89. The van der Waals surface area contributed by atoms with Crippen LogP contribution in [0.1, 0.15) is 52.2 Å². The number of nitrogens with zero attached hydrogens (tertiary/aromatic N) is 1. The van der Waals surface area contributed by atoms with Crippen molar-refractivity contribution in [2.24, 2.45) is 21.6 Å². The second kappa shape index (κ2) is 15.6. The average molecular weight is 576 g/mol. The van der Waals surface area contributed by atoms with E-state index in [2.05, 4.69) is 10.3 Å². The van der Waals surface area contributed by atoms with Gasteiger partial charge in [0.2, 0.25) is 10.0 Å². The first-order chi connectivity index (χ1) is 18.3. The maximum Gasteiger partial charge on any atom is 0.305 e. The fourth-order valence-corrected chi connectivity index (χ4v) is 5.54. The molecule has 0 aliphatic rings. The standard InChI is InChI=1S/C16H18N4O3S.C9H13NO2S.C2H6/c17-16(18)20-9-10-2-1-3-11(8-10)12-4-5-13(24-12)15(23)19-7-6-14(21)22;1-6-4-7(2)9(8(3)5-6)13(10,11)12;1-2/h1-5,8H,6-7,9H2,(H,19,23)(H,21,22)(H4,17,18,20);4-5H,1-3H3,(H2,10,11,12);1-2H3. The molecule has 0 bridgehead atoms. The van der Waals surface area contributed by atoms with E-state index in [0.29, 0.717) is 22.5 Å². The SMILES string of the molecule is CC.Cc1cc(C)c(S(N)(=O)=O)c(C)c1.NC(N)=NCc1cccc(-c2ccc(C(=O)NCCC(=O)O)s2)c1. The van der Waals surface area contributed by atoms with Gasteiger partial charge in [-0.25, -0.2) is 18.5 Å². The highest BCUT2D eigenvalue weighted by atomic mass is 32.2. The van der Waals surface area contributed by atoms with E-state index in [9.17, 15) is 18.0 Å². The lowest BCUT2D eigenvalue weighted by Gasteiger charge is -2.08. The van der Waals surface area contributed by atoms with Crippen molar-refractivity contribution in [2.45, 2.75) is 52.5 Å². The highest BCUT2D eigenvalue weighted by Crippen LogP contribution is 2.29. The molecular formula is C27H37N5O5S2. The number of benzene rings is 2. The molecule has 2 aromatic carbocycles. The number of nitrogens with two attached hydrogens (primary N) is 3. The van der Waals surface area contributed by atoms with Crippen LogP contribution >= 0.6 is 11.3 Å². The van der Waals surface area contributed by atoms with Crippen molar-refractivity contribution in [3.63, 3.8) is 0 Å². The van der Waals surface area contributed by atoms with Crippen LogP contribution in [0.3, 0.4) is 0 Å². The Balaban J connectivity index is 0.000000428. The largest absolute Gasteiger partial charge is 0.481 e. The summed E-state index contributed by atoms with van der Waals surface area (Å²) in [6.45, 7) is 9.92. The van der Waals surface area contributed by atoms with Crippen molar-refractivity contribution in [1.82, 2.24) is 5.32 Å². The summed E-state index contributed by atoms with van der Waals surface area (Å²) in [6, 6.07) is 14.9. The number of thiophene rings is 1. The van der Waals surface area contributed by atoms with Gasteiger partial charge < -0.3 is 21.9 Å². The van der Waals surface area contributed by atoms with E-state index >= 15 is 0 Å². The van der Waals surface area contributed by atoms with Gasteiger partial charge >= 0.3 is 5.97 Å². The van der Waals surface area contributed by atoms with Gasteiger partial charge in [-0.1, -0.05) is 49.7 Å². The zero-order valence-corrected chi connectivity index (χ0v) is 24.4. The normalized spacial score (nSPS) is 10.3. The van der Waals surface area contributed by atoms with Gasteiger partial charge in [0.05, 0.1) is 22.7 Å². The van der Waals surface area contributed by atoms with E-state index in [4.69, 9.17) is 21.7 Å². The molecule has 12 heteroatoms. The van der Waals surface area contributed by atoms with Crippen molar-refractivity contribution >= 4 is 39.2 Å². The van der Waals surface area contributed by atoms with E-state index in [0.717, 1.165) is 21.6 Å². The summed E-state index contributed by atoms with van der Waals surface area (Å²) < 4.78 is 22.3. The molecule has 212 valence electrons. The number of guanidine groups is 1. The van der Waals surface area contributed by atoms with Crippen LogP contribution < -0.4 is 21.9 Å². The van der Waals surface area contributed by atoms with Crippen molar-refractivity contribution < 1.29 is 23.1 Å². The molecule has 0 radical (unpaired) electrons. The summed E-state index contributed by atoms with van der Waals surface area (Å²) in [6.07, 6.45) is -0.100. The monoisotopic (exact) mass is 575 g/mol. The fraction of sp³-hybridized carbons (Fsp3) is 0.296. The van der Waals surface area contributed by atoms with E-state index in [1.54, 1.807) is 19.9 Å². The summed E-state index contributed by atoms with van der Waals surface area (Å²) in [7, 11) is -3.58. The first-order valence-electron chi connectivity index (χ1n) is 12.1. The number of nitrogens with one attached hydrogen (secondary N) is 1. The fourth-order valence-electron chi connectivity index (χ4n) is 3.61. The molecular weight excluding hydrogens is 538 g/mol. The predicted octanol–water partition coefficient (Wildman–Crippen LogP) is 3.68. The van der Waals surface area contributed by atoms with Crippen molar-refractivity contribution in [1.29, 1.82) is 0 Å². The van der Waals surface area contributed by atoms with Crippen LogP contribution in [-0.4, -0.2) is 37.9 Å². The van der Waals surface area contributed by atoms with Gasteiger partial charge in [-0.15, -0.1) is 11.3 Å². The third-order valence-corrected chi connectivity index (χ3v) is 7.35. The van der Waals surface area contributed by atoms with Gasteiger partial charge in [0.15, 0.2) is 5.96 Å². The quantitative estimate of drug-likeness (QED) is 0.200. The third-order valence-electron chi connectivity index (χ3n) is 5.00. The molecule has 0 aliphatic carbocycles. The number of aryl methyl sites for hydroxylation is 3. The molecule has 0 aliphatic heterocycles. The van der Waals surface area contributed by atoms with Crippen LogP contribution in [0.2, 0.25) is 0 Å². The minimum Gasteiger partial charge on any atom is -0.481 e. The Morgan fingerprint density at radius 3 is 2.15 bits per heavy atom. The number of hydrogen-bond donors (Lipinski definition) is 5. The number of hydrogen-bond acceptors (Lipinski definition) is 6. The lowest BCUT2D eigenvalue weighted by Crippen LogP contribution is -2.25. The van der Waals surface area contributed by atoms with Crippen LogP contribution in [0.5, 0.6) is 0 Å².